The molecule has 170 valence electrons. The summed E-state index contributed by atoms with van der Waals surface area (Å²) in [4.78, 5) is 31.7. The molecule has 1 saturated heterocycles. The van der Waals surface area contributed by atoms with Gasteiger partial charge < -0.3 is 14.7 Å². The van der Waals surface area contributed by atoms with Gasteiger partial charge in [-0.2, -0.15) is 0 Å². The zero-order valence-corrected chi connectivity index (χ0v) is 18.7. The summed E-state index contributed by atoms with van der Waals surface area (Å²) >= 11 is 0. The summed E-state index contributed by atoms with van der Waals surface area (Å²) in [6.07, 6.45) is 1.20. The van der Waals surface area contributed by atoms with E-state index < -0.39 is 15.9 Å². The first-order chi connectivity index (χ1) is 15.2. The van der Waals surface area contributed by atoms with Crippen LogP contribution in [0.2, 0.25) is 0 Å². The van der Waals surface area contributed by atoms with Crippen molar-refractivity contribution in [3.63, 3.8) is 0 Å². The van der Waals surface area contributed by atoms with Crippen LogP contribution in [0.25, 0.3) is 0 Å². The van der Waals surface area contributed by atoms with E-state index in [0.29, 0.717) is 38.3 Å². The first-order valence-electron chi connectivity index (χ1n) is 10.6. The number of fused-ring (bicyclic) bond motifs is 1. The lowest BCUT2D eigenvalue weighted by molar-refractivity contribution is -0.136. The van der Waals surface area contributed by atoms with Crippen molar-refractivity contribution in [2.24, 2.45) is 0 Å². The van der Waals surface area contributed by atoms with Crippen molar-refractivity contribution in [1.29, 1.82) is 0 Å². The maximum absolute atomic E-state index is 13.5. The van der Waals surface area contributed by atoms with Crippen molar-refractivity contribution >= 4 is 27.3 Å². The molecule has 0 saturated carbocycles. The summed E-state index contributed by atoms with van der Waals surface area (Å²) < 4.78 is 36.8. The number of piperazine rings is 1. The number of halogens is 1. The van der Waals surface area contributed by atoms with Crippen molar-refractivity contribution in [2.45, 2.75) is 19.0 Å². The maximum atomic E-state index is 13.5. The molecule has 0 aliphatic carbocycles. The van der Waals surface area contributed by atoms with Crippen LogP contribution in [0.3, 0.4) is 0 Å². The molecule has 9 heteroatoms. The molecular formula is C23H26FN3O4S. The van der Waals surface area contributed by atoms with Gasteiger partial charge in [-0.15, -0.1) is 0 Å². The van der Waals surface area contributed by atoms with Gasteiger partial charge in [0.2, 0.25) is 5.91 Å². The van der Waals surface area contributed by atoms with E-state index in [0.717, 1.165) is 17.5 Å². The number of hydrogen-bond donors (Lipinski definition) is 0. The fraction of sp³-hybridized carbons (Fsp3) is 0.391. The lowest BCUT2D eigenvalue weighted by Crippen LogP contribution is -2.55. The second kappa shape index (κ2) is 8.90. The molecule has 2 aliphatic heterocycles. The van der Waals surface area contributed by atoms with Gasteiger partial charge in [-0.25, -0.2) is 12.8 Å². The molecule has 2 aromatic rings. The Morgan fingerprint density at radius 2 is 1.69 bits per heavy atom. The van der Waals surface area contributed by atoms with Crippen LogP contribution in [0.15, 0.2) is 48.5 Å². The monoisotopic (exact) mass is 459 g/mol. The molecule has 0 aromatic heterocycles. The Bertz CT molecular complexity index is 1110. The van der Waals surface area contributed by atoms with Gasteiger partial charge in [0.25, 0.3) is 5.91 Å². The summed E-state index contributed by atoms with van der Waals surface area (Å²) in [7, 11) is -3.29. The normalized spacial score (nSPS) is 17.4. The highest BCUT2D eigenvalue weighted by Gasteiger charge is 2.39. The number of carbonyl (C=O) groups is 2. The van der Waals surface area contributed by atoms with Gasteiger partial charge in [0.15, 0.2) is 0 Å². The standard InChI is InChI=1S/C23H26FN3O4S/c1-32(30,31)15-10-21(27-16-17-4-2-3-5-20(17)22(27)28)23(29)26-13-11-25(12-14-26)19-8-6-18(24)7-9-19/h2-9,21H,10-16H2,1H3/t21-/m0/s1. The number of rotatable bonds is 6. The highest BCUT2D eigenvalue weighted by atomic mass is 32.2. The molecule has 0 N–H and O–H groups in total. The van der Waals surface area contributed by atoms with Crippen molar-refractivity contribution < 1.29 is 22.4 Å². The lowest BCUT2D eigenvalue weighted by atomic mass is 10.1. The van der Waals surface area contributed by atoms with Crippen LogP contribution in [0.1, 0.15) is 22.3 Å². The molecule has 2 aromatic carbocycles. The Hall–Kier alpha value is -2.94. The number of anilines is 1. The predicted molar refractivity (Wildman–Crippen MR) is 120 cm³/mol. The van der Waals surface area contributed by atoms with Crippen molar-refractivity contribution in [3.05, 3.63) is 65.5 Å². The second-order valence-electron chi connectivity index (χ2n) is 8.31. The van der Waals surface area contributed by atoms with E-state index in [1.807, 2.05) is 12.1 Å². The van der Waals surface area contributed by atoms with Gasteiger partial charge in [-0.3, -0.25) is 9.59 Å². The Morgan fingerprint density at radius 3 is 2.31 bits per heavy atom. The molecule has 4 rings (SSSR count). The molecule has 0 spiro atoms. The molecule has 1 fully saturated rings. The third kappa shape index (κ3) is 4.77. The quantitative estimate of drug-likeness (QED) is 0.660. The van der Waals surface area contributed by atoms with Gasteiger partial charge >= 0.3 is 0 Å². The average Bonchev–Trinajstić information content (AvgIpc) is 3.10. The summed E-state index contributed by atoms with van der Waals surface area (Å²) in [6, 6.07) is 12.6. The van der Waals surface area contributed by atoms with E-state index in [-0.39, 0.29) is 29.8 Å². The van der Waals surface area contributed by atoms with Crippen LogP contribution in [-0.4, -0.2) is 74.3 Å². The Kier molecular flexibility index (Phi) is 6.19. The average molecular weight is 460 g/mol. The van der Waals surface area contributed by atoms with Crippen LogP contribution in [-0.2, 0) is 21.2 Å². The SMILES string of the molecule is CS(=O)(=O)CC[C@@H](C(=O)N1CCN(c2ccc(F)cc2)CC1)N1Cc2ccccc2C1=O. The molecular weight excluding hydrogens is 433 g/mol. The van der Waals surface area contributed by atoms with Gasteiger partial charge in [0.05, 0.1) is 5.75 Å². The number of benzene rings is 2. The van der Waals surface area contributed by atoms with E-state index in [2.05, 4.69) is 4.90 Å². The number of amides is 2. The smallest absolute Gasteiger partial charge is 0.255 e. The summed E-state index contributed by atoms with van der Waals surface area (Å²) in [5.74, 6) is -0.933. The zero-order chi connectivity index (χ0) is 22.9. The molecule has 0 unspecified atom stereocenters. The first-order valence-corrected chi connectivity index (χ1v) is 12.6. The lowest BCUT2D eigenvalue weighted by Gasteiger charge is -2.39. The van der Waals surface area contributed by atoms with Crippen molar-refractivity contribution in [1.82, 2.24) is 9.80 Å². The largest absolute Gasteiger partial charge is 0.368 e. The van der Waals surface area contributed by atoms with Gasteiger partial charge in [0.1, 0.15) is 21.7 Å². The van der Waals surface area contributed by atoms with Gasteiger partial charge in [-0.1, -0.05) is 18.2 Å². The molecule has 2 amide bonds. The molecule has 0 bridgehead atoms. The zero-order valence-electron chi connectivity index (χ0n) is 17.9. The maximum Gasteiger partial charge on any atom is 0.255 e. The fourth-order valence-electron chi connectivity index (χ4n) is 4.31. The van der Waals surface area contributed by atoms with Crippen LogP contribution < -0.4 is 4.90 Å². The minimum Gasteiger partial charge on any atom is -0.368 e. The van der Waals surface area contributed by atoms with Crippen LogP contribution in [0.5, 0.6) is 0 Å². The number of carbonyl (C=O) groups excluding carboxylic acids is 2. The number of nitrogens with zero attached hydrogens (tertiary/aromatic N) is 3. The molecule has 1 atom stereocenters. The van der Waals surface area contributed by atoms with Gasteiger partial charge in [-0.05, 0) is 42.3 Å². The minimum atomic E-state index is -3.29. The first kappa shape index (κ1) is 22.3. The van der Waals surface area contributed by atoms with E-state index in [1.165, 1.54) is 17.0 Å². The molecule has 2 heterocycles. The van der Waals surface area contributed by atoms with E-state index in [9.17, 15) is 22.4 Å². The Morgan fingerprint density at radius 1 is 1.03 bits per heavy atom. The molecule has 0 radical (unpaired) electrons. The summed E-state index contributed by atoms with van der Waals surface area (Å²) in [5.41, 5.74) is 2.29. The highest BCUT2D eigenvalue weighted by Crippen LogP contribution is 2.27. The van der Waals surface area contributed by atoms with Crippen LogP contribution in [0.4, 0.5) is 10.1 Å². The summed E-state index contributed by atoms with van der Waals surface area (Å²) in [5, 5.41) is 0. The number of hydrogen-bond acceptors (Lipinski definition) is 5. The van der Waals surface area contributed by atoms with E-state index in [4.69, 9.17) is 0 Å². The van der Waals surface area contributed by atoms with E-state index >= 15 is 0 Å². The number of sulfone groups is 1. The Balaban J connectivity index is 1.48. The van der Waals surface area contributed by atoms with Gasteiger partial charge in [0, 0.05) is 50.2 Å². The van der Waals surface area contributed by atoms with Crippen LogP contribution >= 0.6 is 0 Å². The minimum absolute atomic E-state index is 0.0651. The van der Waals surface area contributed by atoms with Crippen molar-refractivity contribution in [2.75, 3.05) is 43.1 Å². The van der Waals surface area contributed by atoms with Crippen LogP contribution in [0, 0.1) is 5.82 Å². The summed E-state index contributed by atoms with van der Waals surface area (Å²) in [6.45, 7) is 2.33. The Labute approximate surface area is 187 Å². The second-order valence-corrected chi connectivity index (χ2v) is 10.6. The topological polar surface area (TPSA) is 78.0 Å². The molecule has 7 nitrogen and oxygen atoms in total. The molecule has 32 heavy (non-hydrogen) atoms. The fourth-order valence-corrected chi connectivity index (χ4v) is 4.97. The molecule has 2 aliphatic rings. The predicted octanol–water partition coefficient (Wildman–Crippen LogP) is 1.93. The van der Waals surface area contributed by atoms with Crippen molar-refractivity contribution in [3.8, 4) is 0 Å². The third-order valence-electron chi connectivity index (χ3n) is 6.06. The third-order valence-corrected chi connectivity index (χ3v) is 7.03. The van der Waals surface area contributed by atoms with E-state index in [1.54, 1.807) is 29.2 Å². The highest BCUT2D eigenvalue weighted by molar-refractivity contribution is 7.90.